The number of hydrogen-bond acceptors (Lipinski definition) is 5. The summed E-state index contributed by atoms with van der Waals surface area (Å²) < 4.78 is 6.34. The number of carbonyl (C=O) groups is 2. The lowest BCUT2D eigenvalue weighted by molar-refractivity contribution is -0.135. The van der Waals surface area contributed by atoms with Crippen LogP contribution >= 0.6 is 11.6 Å². The van der Waals surface area contributed by atoms with Crippen molar-refractivity contribution in [3.05, 3.63) is 28.8 Å². The third-order valence-electron chi connectivity index (χ3n) is 7.19. The van der Waals surface area contributed by atoms with Crippen molar-refractivity contribution in [2.75, 3.05) is 26.2 Å². The molecule has 0 aliphatic carbocycles. The molecule has 0 saturated carbocycles. The van der Waals surface area contributed by atoms with Gasteiger partial charge in [-0.1, -0.05) is 25.4 Å². The van der Waals surface area contributed by atoms with E-state index < -0.39 is 11.1 Å². The average molecular weight is 450 g/mol. The average Bonchev–Trinajstić information content (AvgIpc) is 3.00. The van der Waals surface area contributed by atoms with Crippen LogP contribution in [0.25, 0.3) is 0 Å². The summed E-state index contributed by atoms with van der Waals surface area (Å²) in [4.78, 5) is 30.3. The van der Waals surface area contributed by atoms with Gasteiger partial charge in [-0.2, -0.15) is 0 Å². The van der Waals surface area contributed by atoms with E-state index in [0.29, 0.717) is 35.7 Å². The van der Waals surface area contributed by atoms with Crippen molar-refractivity contribution < 1.29 is 19.4 Å². The molecule has 170 valence electrons. The molecule has 1 aromatic rings. The van der Waals surface area contributed by atoms with Gasteiger partial charge in [-0.05, 0) is 56.8 Å². The zero-order valence-corrected chi connectivity index (χ0v) is 19.1. The molecule has 1 spiro atoms. The summed E-state index contributed by atoms with van der Waals surface area (Å²) in [5.41, 5.74) is -1.02. The Morgan fingerprint density at radius 1 is 1.19 bits per heavy atom. The van der Waals surface area contributed by atoms with E-state index in [9.17, 15) is 14.7 Å². The normalized spacial score (nSPS) is 26.1. The number of benzene rings is 1. The molecule has 0 radical (unpaired) electrons. The highest BCUT2D eigenvalue weighted by Gasteiger charge is 2.59. The van der Waals surface area contributed by atoms with Crippen LogP contribution in [0.3, 0.4) is 0 Å². The number of urea groups is 1. The van der Waals surface area contributed by atoms with Crippen LogP contribution in [0.15, 0.2) is 18.2 Å². The van der Waals surface area contributed by atoms with Gasteiger partial charge in [-0.25, -0.2) is 4.79 Å². The number of carbonyl (C=O) groups excluding carboxylic acids is 2. The Kier molecular flexibility index (Phi) is 6.21. The number of aliphatic hydroxyl groups is 1. The number of piperidine rings is 1. The number of nitrogens with zero attached hydrogens (tertiary/aromatic N) is 2. The summed E-state index contributed by atoms with van der Waals surface area (Å²) in [5, 5.41) is 13.2. The summed E-state index contributed by atoms with van der Waals surface area (Å²) in [7, 11) is 0. The number of halogens is 1. The lowest BCUT2D eigenvalue weighted by atomic mass is 9.74. The van der Waals surface area contributed by atoms with Crippen LogP contribution in [-0.2, 0) is 10.3 Å². The zero-order valence-electron chi connectivity index (χ0n) is 18.3. The number of nitrogens with one attached hydrogen (secondary N) is 1. The van der Waals surface area contributed by atoms with E-state index in [4.69, 9.17) is 16.3 Å². The van der Waals surface area contributed by atoms with Gasteiger partial charge in [0, 0.05) is 36.6 Å². The van der Waals surface area contributed by atoms with E-state index >= 15 is 0 Å². The predicted molar refractivity (Wildman–Crippen MR) is 118 cm³/mol. The van der Waals surface area contributed by atoms with Gasteiger partial charge in [0.1, 0.15) is 11.4 Å². The number of fused-ring (bicyclic) bond motifs is 2. The highest BCUT2D eigenvalue weighted by molar-refractivity contribution is 6.30. The first-order valence-corrected chi connectivity index (χ1v) is 11.7. The number of aliphatic hydroxyl groups excluding tert-OH is 1. The quantitative estimate of drug-likeness (QED) is 0.651. The number of imide groups is 1. The Labute approximate surface area is 188 Å². The van der Waals surface area contributed by atoms with E-state index in [1.54, 1.807) is 18.2 Å². The molecule has 0 bridgehead atoms. The standard InChI is InChI=1S/C23H32ClN3O4/c1-3-22(4-2)15-23(18-14-16(24)6-7-19(18)31-22)20(29)27(21(30)25-23)11-5-10-26-12-8-17(28)9-13-26/h6-7,14,17,28H,3-5,8-13,15H2,1-2H3,(H,25,30). The summed E-state index contributed by atoms with van der Waals surface area (Å²) >= 11 is 6.26. The summed E-state index contributed by atoms with van der Waals surface area (Å²) in [6, 6.07) is 4.94. The fraction of sp³-hybridized carbons (Fsp3) is 0.652. The predicted octanol–water partition coefficient (Wildman–Crippen LogP) is 3.28. The Morgan fingerprint density at radius 3 is 2.58 bits per heavy atom. The van der Waals surface area contributed by atoms with Crippen molar-refractivity contribution in [3.63, 3.8) is 0 Å². The van der Waals surface area contributed by atoms with Gasteiger partial charge in [0.15, 0.2) is 5.54 Å². The second-order valence-corrected chi connectivity index (χ2v) is 9.46. The molecule has 1 unspecified atom stereocenters. The minimum Gasteiger partial charge on any atom is -0.487 e. The van der Waals surface area contributed by atoms with Gasteiger partial charge >= 0.3 is 6.03 Å². The molecule has 1 aromatic carbocycles. The summed E-state index contributed by atoms with van der Waals surface area (Å²) in [6.07, 6.45) is 3.91. The van der Waals surface area contributed by atoms with Crippen LogP contribution in [0.4, 0.5) is 4.79 Å². The van der Waals surface area contributed by atoms with Crippen LogP contribution < -0.4 is 10.1 Å². The van der Waals surface area contributed by atoms with E-state index in [1.807, 2.05) is 13.8 Å². The molecule has 3 amide bonds. The molecule has 3 aliphatic heterocycles. The van der Waals surface area contributed by atoms with E-state index in [1.165, 1.54) is 4.90 Å². The van der Waals surface area contributed by atoms with Gasteiger partial charge in [0.2, 0.25) is 0 Å². The molecule has 1 atom stereocenters. The number of likely N-dealkylation sites (tertiary alicyclic amines) is 1. The van der Waals surface area contributed by atoms with E-state index in [-0.39, 0.29) is 18.0 Å². The number of rotatable bonds is 6. The van der Waals surface area contributed by atoms with Crippen molar-refractivity contribution in [1.29, 1.82) is 0 Å². The maximum Gasteiger partial charge on any atom is 0.325 e. The van der Waals surface area contributed by atoms with Crippen LogP contribution in [0.5, 0.6) is 5.75 Å². The molecule has 8 heteroatoms. The maximum atomic E-state index is 13.7. The minimum atomic E-state index is -1.14. The Bertz CT molecular complexity index is 851. The molecule has 3 aliphatic rings. The number of hydrogen-bond donors (Lipinski definition) is 2. The molecule has 2 saturated heterocycles. The van der Waals surface area contributed by atoms with Gasteiger partial charge in [-0.15, -0.1) is 0 Å². The minimum absolute atomic E-state index is 0.208. The number of ether oxygens (including phenoxy) is 1. The molecule has 3 heterocycles. The molecule has 7 nitrogen and oxygen atoms in total. The van der Waals surface area contributed by atoms with Gasteiger partial charge in [0.05, 0.1) is 6.10 Å². The number of amides is 3. The monoisotopic (exact) mass is 449 g/mol. The van der Waals surface area contributed by atoms with Crippen LogP contribution in [0, 0.1) is 0 Å². The Balaban J connectivity index is 1.55. The third kappa shape index (κ3) is 4.03. The second kappa shape index (κ2) is 8.60. The van der Waals surface area contributed by atoms with Gasteiger partial charge in [-0.3, -0.25) is 9.69 Å². The first-order chi connectivity index (χ1) is 14.8. The highest BCUT2D eigenvalue weighted by atomic mass is 35.5. The van der Waals surface area contributed by atoms with Crippen molar-refractivity contribution in [2.24, 2.45) is 0 Å². The summed E-state index contributed by atoms with van der Waals surface area (Å²) in [6.45, 7) is 6.97. The summed E-state index contributed by atoms with van der Waals surface area (Å²) in [5.74, 6) is 0.395. The molecule has 4 rings (SSSR count). The first kappa shape index (κ1) is 22.4. The van der Waals surface area contributed by atoms with Crippen molar-refractivity contribution in [2.45, 2.75) is 69.6 Å². The molecular weight excluding hydrogens is 418 g/mol. The Morgan fingerprint density at radius 2 is 1.90 bits per heavy atom. The molecule has 2 fully saturated rings. The van der Waals surface area contributed by atoms with Gasteiger partial charge in [0.25, 0.3) is 5.91 Å². The maximum absolute atomic E-state index is 13.7. The molecule has 0 aromatic heterocycles. The zero-order chi connectivity index (χ0) is 22.2. The van der Waals surface area contributed by atoms with E-state index in [2.05, 4.69) is 10.2 Å². The highest BCUT2D eigenvalue weighted by Crippen LogP contribution is 2.49. The smallest absolute Gasteiger partial charge is 0.325 e. The van der Waals surface area contributed by atoms with Crippen LogP contribution in [0.1, 0.15) is 57.9 Å². The largest absolute Gasteiger partial charge is 0.487 e. The second-order valence-electron chi connectivity index (χ2n) is 9.03. The van der Waals surface area contributed by atoms with Crippen LogP contribution in [-0.4, -0.2) is 64.7 Å². The van der Waals surface area contributed by atoms with Crippen molar-refractivity contribution in [1.82, 2.24) is 15.1 Å². The van der Waals surface area contributed by atoms with Crippen molar-refractivity contribution in [3.8, 4) is 5.75 Å². The topological polar surface area (TPSA) is 82.1 Å². The van der Waals surface area contributed by atoms with Crippen molar-refractivity contribution >= 4 is 23.5 Å². The van der Waals surface area contributed by atoms with E-state index in [0.717, 1.165) is 45.3 Å². The SMILES string of the molecule is CCC1(CC)CC2(NC(=O)N(CCCN3CCC(O)CC3)C2=O)c2cc(Cl)ccc2O1. The molecular formula is C23H32ClN3O4. The van der Waals surface area contributed by atoms with Gasteiger partial charge < -0.3 is 20.1 Å². The Hall–Kier alpha value is -1.83. The fourth-order valence-corrected chi connectivity index (χ4v) is 5.32. The molecule has 2 N–H and O–H groups in total. The first-order valence-electron chi connectivity index (χ1n) is 11.4. The lowest BCUT2D eigenvalue weighted by Gasteiger charge is -2.45. The third-order valence-corrected chi connectivity index (χ3v) is 7.43. The lowest BCUT2D eigenvalue weighted by Crippen LogP contribution is -2.55. The van der Waals surface area contributed by atoms with Crippen LogP contribution in [0.2, 0.25) is 5.02 Å². The molecule has 31 heavy (non-hydrogen) atoms. The fourth-order valence-electron chi connectivity index (χ4n) is 5.14.